The average molecular weight is 304 g/mol. The summed E-state index contributed by atoms with van der Waals surface area (Å²) < 4.78 is 12.9. The van der Waals surface area contributed by atoms with E-state index in [0.717, 1.165) is 25.2 Å². The molecule has 0 saturated heterocycles. The number of hydrogen-bond donors (Lipinski definition) is 0. The van der Waals surface area contributed by atoms with Crippen LogP contribution in [-0.2, 0) is 11.2 Å². The number of hydrogen-bond acceptors (Lipinski definition) is 2. The first kappa shape index (κ1) is 16.7. The summed E-state index contributed by atoms with van der Waals surface area (Å²) in [6.45, 7) is 7.11. The Morgan fingerprint density at radius 2 is 1.82 bits per heavy atom. The third kappa shape index (κ3) is 4.41. The fourth-order valence-corrected chi connectivity index (χ4v) is 2.80. The molecule has 4 heteroatoms. The summed E-state index contributed by atoms with van der Waals surface area (Å²) in [5.74, 6) is 0.200. The van der Waals surface area contributed by atoms with Gasteiger partial charge in [-0.2, -0.15) is 0 Å². The minimum Gasteiger partial charge on any atom is -0.341 e. The molecule has 0 aliphatic carbocycles. The topological polar surface area (TPSA) is 23.6 Å². The molecule has 0 N–H and O–H groups in total. The molecule has 3 nitrogen and oxygen atoms in total. The van der Waals surface area contributed by atoms with Crippen molar-refractivity contribution in [3.8, 4) is 0 Å². The molecule has 0 spiro atoms. The SMILES string of the molecule is CC(C)[C@@H](CN1CC=CC1)N(C)C(=O)Cc1ccc(F)cc1. The summed E-state index contributed by atoms with van der Waals surface area (Å²) in [7, 11) is 1.88. The number of carbonyl (C=O) groups is 1. The van der Waals surface area contributed by atoms with Crippen molar-refractivity contribution >= 4 is 5.91 Å². The lowest BCUT2D eigenvalue weighted by atomic mass is 10.0. The normalized spacial score (nSPS) is 16.2. The maximum absolute atomic E-state index is 12.9. The van der Waals surface area contributed by atoms with Crippen LogP contribution in [0.25, 0.3) is 0 Å². The lowest BCUT2D eigenvalue weighted by Gasteiger charge is -2.34. The summed E-state index contributed by atoms with van der Waals surface area (Å²) in [6.07, 6.45) is 4.65. The Labute approximate surface area is 132 Å². The van der Waals surface area contributed by atoms with Gasteiger partial charge in [0.2, 0.25) is 5.91 Å². The van der Waals surface area contributed by atoms with Crippen LogP contribution in [0.5, 0.6) is 0 Å². The van der Waals surface area contributed by atoms with Gasteiger partial charge in [0.15, 0.2) is 0 Å². The molecule has 1 aromatic carbocycles. The van der Waals surface area contributed by atoms with Crippen molar-refractivity contribution in [3.05, 3.63) is 47.8 Å². The van der Waals surface area contributed by atoms with E-state index in [0.29, 0.717) is 12.3 Å². The average Bonchev–Trinajstić information content (AvgIpc) is 2.99. The van der Waals surface area contributed by atoms with Gasteiger partial charge in [-0.3, -0.25) is 9.69 Å². The molecule has 1 atom stereocenters. The smallest absolute Gasteiger partial charge is 0.227 e. The molecule has 0 aromatic heterocycles. The molecule has 1 aliphatic heterocycles. The van der Waals surface area contributed by atoms with E-state index >= 15 is 0 Å². The van der Waals surface area contributed by atoms with Crippen molar-refractivity contribution in [2.75, 3.05) is 26.7 Å². The summed E-state index contributed by atoms with van der Waals surface area (Å²) in [6, 6.07) is 6.34. The Morgan fingerprint density at radius 1 is 1.23 bits per heavy atom. The van der Waals surface area contributed by atoms with Crippen molar-refractivity contribution in [3.63, 3.8) is 0 Å². The Hall–Kier alpha value is -1.68. The molecular formula is C18H25FN2O. The van der Waals surface area contributed by atoms with Gasteiger partial charge in [-0.05, 0) is 23.6 Å². The molecule has 1 aliphatic rings. The van der Waals surface area contributed by atoms with Gasteiger partial charge >= 0.3 is 0 Å². The van der Waals surface area contributed by atoms with Gasteiger partial charge in [-0.25, -0.2) is 4.39 Å². The maximum atomic E-state index is 12.9. The molecule has 0 unspecified atom stereocenters. The lowest BCUT2D eigenvalue weighted by molar-refractivity contribution is -0.132. The first-order valence-corrected chi connectivity index (χ1v) is 7.85. The minimum atomic E-state index is -0.272. The monoisotopic (exact) mass is 304 g/mol. The van der Waals surface area contributed by atoms with Crippen LogP contribution in [0.4, 0.5) is 4.39 Å². The van der Waals surface area contributed by atoms with Crippen LogP contribution in [0.3, 0.4) is 0 Å². The second-order valence-electron chi connectivity index (χ2n) is 6.31. The number of halogens is 1. The highest BCUT2D eigenvalue weighted by atomic mass is 19.1. The van der Waals surface area contributed by atoms with E-state index in [9.17, 15) is 9.18 Å². The Bertz CT molecular complexity index is 516. The minimum absolute atomic E-state index is 0.0810. The molecular weight excluding hydrogens is 279 g/mol. The third-order valence-corrected chi connectivity index (χ3v) is 4.27. The van der Waals surface area contributed by atoms with Crippen LogP contribution in [0.2, 0.25) is 0 Å². The number of carbonyl (C=O) groups excluding carboxylic acids is 1. The van der Waals surface area contributed by atoms with Crippen LogP contribution in [-0.4, -0.2) is 48.4 Å². The number of rotatable bonds is 6. The maximum Gasteiger partial charge on any atom is 0.227 e. The molecule has 0 radical (unpaired) electrons. The molecule has 1 amide bonds. The van der Waals surface area contributed by atoms with Crippen LogP contribution in [0, 0.1) is 11.7 Å². The molecule has 0 saturated carbocycles. The predicted octanol–water partition coefficient (Wildman–Crippen LogP) is 2.72. The first-order chi connectivity index (χ1) is 10.5. The van der Waals surface area contributed by atoms with Crippen molar-refractivity contribution in [1.29, 1.82) is 0 Å². The van der Waals surface area contributed by atoms with E-state index in [1.54, 1.807) is 12.1 Å². The lowest BCUT2D eigenvalue weighted by Crippen LogP contribution is -2.47. The van der Waals surface area contributed by atoms with Crippen LogP contribution >= 0.6 is 0 Å². The van der Waals surface area contributed by atoms with E-state index < -0.39 is 0 Å². The predicted molar refractivity (Wildman–Crippen MR) is 87.1 cm³/mol. The van der Waals surface area contributed by atoms with Crippen molar-refractivity contribution < 1.29 is 9.18 Å². The van der Waals surface area contributed by atoms with Gasteiger partial charge in [-0.1, -0.05) is 38.1 Å². The van der Waals surface area contributed by atoms with Gasteiger partial charge in [-0.15, -0.1) is 0 Å². The van der Waals surface area contributed by atoms with Crippen molar-refractivity contribution in [2.24, 2.45) is 5.92 Å². The van der Waals surface area contributed by atoms with Crippen LogP contribution in [0.15, 0.2) is 36.4 Å². The highest BCUT2D eigenvalue weighted by molar-refractivity contribution is 5.78. The Morgan fingerprint density at radius 3 is 2.36 bits per heavy atom. The second kappa shape index (κ2) is 7.54. The first-order valence-electron chi connectivity index (χ1n) is 7.85. The Kier molecular flexibility index (Phi) is 5.72. The van der Waals surface area contributed by atoms with Gasteiger partial charge in [0, 0.05) is 32.7 Å². The zero-order chi connectivity index (χ0) is 16.1. The highest BCUT2D eigenvalue weighted by Gasteiger charge is 2.25. The number of nitrogens with zero attached hydrogens (tertiary/aromatic N) is 2. The Balaban J connectivity index is 1.97. The summed E-state index contributed by atoms with van der Waals surface area (Å²) >= 11 is 0. The fourth-order valence-electron chi connectivity index (χ4n) is 2.80. The zero-order valence-electron chi connectivity index (χ0n) is 13.6. The van der Waals surface area contributed by atoms with Gasteiger partial charge in [0.25, 0.3) is 0 Å². The van der Waals surface area contributed by atoms with Crippen LogP contribution in [0.1, 0.15) is 19.4 Å². The van der Waals surface area contributed by atoms with Crippen LogP contribution < -0.4 is 0 Å². The molecule has 0 bridgehead atoms. The van der Waals surface area contributed by atoms with Gasteiger partial charge < -0.3 is 4.90 Å². The molecule has 0 fully saturated rings. The second-order valence-corrected chi connectivity index (χ2v) is 6.31. The van der Waals surface area contributed by atoms with Gasteiger partial charge in [0.1, 0.15) is 5.82 Å². The van der Waals surface area contributed by atoms with E-state index in [1.807, 2.05) is 11.9 Å². The molecule has 1 aromatic rings. The summed E-state index contributed by atoms with van der Waals surface area (Å²) in [5, 5.41) is 0. The van der Waals surface area contributed by atoms with E-state index in [-0.39, 0.29) is 17.8 Å². The van der Waals surface area contributed by atoms with E-state index in [1.165, 1.54) is 12.1 Å². The molecule has 2 rings (SSSR count). The molecule has 120 valence electrons. The summed E-state index contributed by atoms with van der Waals surface area (Å²) in [5.41, 5.74) is 0.851. The number of benzene rings is 1. The van der Waals surface area contributed by atoms with E-state index in [4.69, 9.17) is 0 Å². The number of amides is 1. The molecule has 22 heavy (non-hydrogen) atoms. The highest BCUT2D eigenvalue weighted by Crippen LogP contribution is 2.15. The standard InChI is InChI=1S/C18H25FN2O/c1-14(2)17(13-21-10-4-5-11-21)20(3)18(22)12-15-6-8-16(19)9-7-15/h4-9,14,17H,10-13H2,1-3H3/t17-/m1/s1. The zero-order valence-corrected chi connectivity index (χ0v) is 13.6. The van der Waals surface area contributed by atoms with Gasteiger partial charge in [0.05, 0.1) is 6.42 Å². The number of likely N-dealkylation sites (N-methyl/N-ethyl adjacent to an activating group) is 1. The molecule has 1 heterocycles. The fraction of sp³-hybridized carbons (Fsp3) is 0.500. The van der Waals surface area contributed by atoms with Crippen molar-refractivity contribution in [1.82, 2.24) is 9.80 Å². The summed E-state index contributed by atoms with van der Waals surface area (Å²) in [4.78, 5) is 16.7. The quantitative estimate of drug-likeness (QED) is 0.755. The van der Waals surface area contributed by atoms with E-state index in [2.05, 4.69) is 30.9 Å². The van der Waals surface area contributed by atoms with Crippen molar-refractivity contribution in [2.45, 2.75) is 26.3 Å². The largest absolute Gasteiger partial charge is 0.341 e. The third-order valence-electron chi connectivity index (χ3n) is 4.27.